The van der Waals surface area contributed by atoms with Crippen molar-refractivity contribution in [1.82, 2.24) is 29.9 Å². The highest BCUT2D eigenvalue weighted by atomic mass is 32.2. The number of piperidine rings is 1. The first-order valence-corrected chi connectivity index (χ1v) is 12.6. The van der Waals surface area contributed by atoms with E-state index >= 15 is 0 Å². The van der Waals surface area contributed by atoms with Gasteiger partial charge in [0.25, 0.3) is 5.91 Å². The van der Waals surface area contributed by atoms with Gasteiger partial charge in [0.1, 0.15) is 5.82 Å². The molecule has 174 valence electrons. The number of nitrogens with two attached hydrogens (primary N) is 1. The van der Waals surface area contributed by atoms with Gasteiger partial charge in [0.05, 0.1) is 4.90 Å². The van der Waals surface area contributed by atoms with Crippen LogP contribution >= 0.6 is 0 Å². The molecular formula is C21H31N7O3S. The highest BCUT2D eigenvalue weighted by Gasteiger charge is 2.27. The number of primary sulfonamides is 1. The summed E-state index contributed by atoms with van der Waals surface area (Å²) in [4.78, 5) is 23.8. The molecule has 10 nitrogen and oxygen atoms in total. The Kier molecular flexibility index (Phi) is 6.89. The SMILES string of the molecule is CN1CCC(CN2CCN(C(=O)c3n[nH]c(Cc4ccccc4S(N)(=O)=O)n3)CC2)CC1. The minimum absolute atomic E-state index is 0.0463. The number of piperazine rings is 1. The molecule has 2 aliphatic rings. The van der Waals surface area contributed by atoms with Crippen LogP contribution in [0.15, 0.2) is 29.2 Å². The van der Waals surface area contributed by atoms with E-state index < -0.39 is 10.0 Å². The molecule has 4 rings (SSSR count). The monoisotopic (exact) mass is 461 g/mol. The topological polar surface area (TPSA) is 129 Å². The van der Waals surface area contributed by atoms with E-state index in [-0.39, 0.29) is 23.0 Å². The van der Waals surface area contributed by atoms with Gasteiger partial charge in [-0.2, -0.15) is 0 Å². The standard InChI is InChI=1S/C21H31N7O3S/c1-26-8-6-16(7-9-26)15-27-10-12-28(13-11-27)21(29)20-23-19(24-25-20)14-17-4-2-3-5-18(17)32(22,30)31/h2-5,16H,6-15H2,1H3,(H2,22,30,31)(H,23,24,25). The van der Waals surface area contributed by atoms with Crippen LogP contribution in [-0.2, 0) is 16.4 Å². The van der Waals surface area contributed by atoms with Crippen molar-refractivity contribution in [3.63, 3.8) is 0 Å². The van der Waals surface area contributed by atoms with Gasteiger partial charge < -0.3 is 9.80 Å². The van der Waals surface area contributed by atoms with Crippen LogP contribution in [0.25, 0.3) is 0 Å². The van der Waals surface area contributed by atoms with Crippen LogP contribution in [0.1, 0.15) is 34.8 Å². The van der Waals surface area contributed by atoms with Crippen LogP contribution in [0.3, 0.4) is 0 Å². The van der Waals surface area contributed by atoms with Crippen LogP contribution < -0.4 is 5.14 Å². The van der Waals surface area contributed by atoms with E-state index in [0.29, 0.717) is 24.5 Å². The second-order valence-corrected chi connectivity index (χ2v) is 10.3. The Bertz CT molecular complexity index is 1040. The van der Waals surface area contributed by atoms with Crippen molar-refractivity contribution >= 4 is 15.9 Å². The van der Waals surface area contributed by atoms with E-state index in [1.807, 2.05) is 0 Å². The predicted octanol–water partition coefficient (Wildman–Crippen LogP) is 0.143. The number of aromatic amines is 1. The largest absolute Gasteiger partial charge is 0.333 e. The molecule has 2 aliphatic heterocycles. The number of aromatic nitrogens is 3. The Labute approximate surface area is 188 Å². The molecule has 0 aliphatic carbocycles. The number of carbonyl (C=O) groups is 1. The lowest BCUT2D eigenvalue weighted by Gasteiger charge is -2.38. The van der Waals surface area contributed by atoms with E-state index in [4.69, 9.17) is 5.14 Å². The molecule has 1 amide bonds. The van der Waals surface area contributed by atoms with Gasteiger partial charge in [0.15, 0.2) is 0 Å². The fraction of sp³-hybridized carbons (Fsp3) is 0.571. The van der Waals surface area contributed by atoms with Gasteiger partial charge in [-0.25, -0.2) is 18.5 Å². The third-order valence-corrected chi connectivity index (χ3v) is 7.39. The summed E-state index contributed by atoms with van der Waals surface area (Å²) in [5.41, 5.74) is 0.507. The Hall–Kier alpha value is -2.34. The highest BCUT2D eigenvalue weighted by molar-refractivity contribution is 7.89. The van der Waals surface area contributed by atoms with Crippen LogP contribution in [0.5, 0.6) is 0 Å². The molecule has 0 bridgehead atoms. The lowest BCUT2D eigenvalue weighted by molar-refractivity contribution is 0.0583. The molecule has 0 atom stereocenters. The predicted molar refractivity (Wildman–Crippen MR) is 120 cm³/mol. The second-order valence-electron chi connectivity index (χ2n) is 8.77. The fourth-order valence-electron chi connectivity index (χ4n) is 4.46. The van der Waals surface area contributed by atoms with Crippen LogP contribution in [0.2, 0.25) is 0 Å². The summed E-state index contributed by atoms with van der Waals surface area (Å²) in [6.07, 6.45) is 2.67. The van der Waals surface area contributed by atoms with Gasteiger partial charge in [0, 0.05) is 39.1 Å². The number of sulfonamides is 1. The quantitative estimate of drug-likeness (QED) is 0.626. The summed E-state index contributed by atoms with van der Waals surface area (Å²) in [5.74, 6) is 1.07. The summed E-state index contributed by atoms with van der Waals surface area (Å²) in [7, 11) is -1.67. The Morgan fingerprint density at radius 2 is 1.81 bits per heavy atom. The molecule has 3 heterocycles. The fourth-order valence-corrected chi connectivity index (χ4v) is 5.24. The number of likely N-dealkylation sites (tertiary alicyclic amines) is 1. The minimum Gasteiger partial charge on any atom is -0.333 e. The zero-order valence-corrected chi connectivity index (χ0v) is 19.2. The average molecular weight is 462 g/mol. The second kappa shape index (κ2) is 9.65. The van der Waals surface area contributed by atoms with Gasteiger partial charge in [-0.05, 0) is 50.5 Å². The van der Waals surface area contributed by atoms with Crippen LogP contribution in [-0.4, -0.2) is 97.1 Å². The van der Waals surface area contributed by atoms with Crippen LogP contribution in [0, 0.1) is 5.92 Å². The Balaban J connectivity index is 1.32. The summed E-state index contributed by atoms with van der Waals surface area (Å²) in [6.45, 7) is 6.46. The number of nitrogens with zero attached hydrogens (tertiary/aromatic N) is 5. The molecule has 3 N–H and O–H groups in total. The molecule has 1 aromatic heterocycles. The van der Waals surface area contributed by atoms with E-state index in [1.165, 1.54) is 18.9 Å². The maximum Gasteiger partial charge on any atom is 0.293 e. The van der Waals surface area contributed by atoms with Gasteiger partial charge in [-0.1, -0.05) is 18.2 Å². The number of amides is 1. The molecule has 2 fully saturated rings. The number of rotatable bonds is 6. The number of hydrogen-bond acceptors (Lipinski definition) is 7. The number of carbonyl (C=O) groups excluding carboxylic acids is 1. The summed E-state index contributed by atoms with van der Waals surface area (Å²) < 4.78 is 23.6. The zero-order chi connectivity index (χ0) is 22.7. The number of benzene rings is 1. The van der Waals surface area contributed by atoms with E-state index in [2.05, 4.69) is 32.0 Å². The minimum atomic E-state index is -3.84. The molecule has 2 saturated heterocycles. The van der Waals surface area contributed by atoms with Crippen molar-refractivity contribution in [1.29, 1.82) is 0 Å². The molecule has 0 radical (unpaired) electrons. The van der Waals surface area contributed by atoms with Gasteiger partial charge in [0.2, 0.25) is 15.8 Å². The first-order chi connectivity index (χ1) is 15.3. The van der Waals surface area contributed by atoms with Gasteiger partial charge in [-0.3, -0.25) is 14.8 Å². The summed E-state index contributed by atoms with van der Waals surface area (Å²) >= 11 is 0. The lowest BCUT2D eigenvalue weighted by atomic mass is 9.96. The number of hydrogen-bond donors (Lipinski definition) is 2. The summed E-state index contributed by atoms with van der Waals surface area (Å²) in [6, 6.07) is 6.48. The maximum absolute atomic E-state index is 12.9. The van der Waals surface area contributed by atoms with Crippen LogP contribution in [0.4, 0.5) is 0 Å². The van der Waals surface area contributed by atoms with E-state index in [0.717, 1.165) is 38.6 Å². The molecule has 0 spiro atoms. The Morgan fingerprint density at radius 3 is 2.50 bits per heavy atom. The molecule has 1 aromatic carbocycles. The van der Waals surface area contributed by atoms with Gasteiger partial charge >= 0.3 is 0 Å². The Morgan fingerprint density at radius 1 is 1.12 bits per heavy atom. The van der Waals surface area contributed by atoms with Crippen molar-refractivity contribution in [2.24, 2.45) is 11.1 Å². The van der Waals surface area contributed by atoms with E-state index in [9.17, 15) is 13.2 Å². The van der Waals surface area contributed by atoms with Crippen molar-refractivity contribution in [3.8, 4) is 0 Å². The van der Waals surface area contributed by atoms with Gasteiger partial charge in [-0.15, -0.1) is 5.10 Å². The molecular weight excluding hydrogens is 430 g/mol. The molecule has 32 heavy (non-hydrogen) atoms. The smallest absolute Gasteiger partial charge is 0.293 e. The van der Waals surface area contributed by atoms with Crippen molar-refractivity contribution < 1.29 is 13.2 Å². The number of nitrogens with one attached hydrogen (secondary N) is 1. The van der Waals surface area contributed by atoms with Crippen molar-refractivity contribution in [2.45, 2.75) is 24.2 Å². The third-order valence-electron chi connectivity index (χ3n) is 6.37. The molecule has 0 saturated carbocycles. The number of H-pyrrole nitrogens is 1. The third kappa shape index (κ3) is 5.52. The van der Waals surface area contributed by atoms with Crippen molar-refractivity contribution in [2.75, 3.05) is 52.9 Å². The lowest BCUT2D eigenvalue weighted by Crippen LogP contribution is -2.50. The zero-order valence-electron chi connectivity index (χ0n) is 18.4. The highest BCUT2D eigenvalue weighted by Crippen LogP contribution is 2.19. The van der Waals surface area contributed by atoms with E-state index in [1.54, 1.807) is 23.1 Å². The summed E-state index contributed by atoms with van der Waals surface area (Å²) in [5, 5.41) is 12.1. The first kappa shape index (κ1) is 22.8. The first-order valence-electron chi connectivity index (χ1n) is 11.0. The molecule has 11 heteroatoms. The average Bonchev–Trinajstić information content (AvgIpc) is 3.23. The molecule has 2 aromatic rings. The van der Waals surface area contributed by atoms with Crippen molar-refractivity contribution in [3.05, 3.63) is 41.5 Å². The normalized spacial score (nSPS) is 19.4. The maximum atomic E-state index is 12.9. The molecule has 0 unspecified atom stereocenters.